The van der Waals surface area contributed by atoms with E-state index in [4.69, 9.17) is 14.5 Å². The Morgan fingerprint density at radius 1 is 1.25 bits per heavy atom. The zero-order chi connectivity index (χ0) is 9.19. The molecular formula is C7H9O4P. The molecule has 0 saturated heterocycles. The van der Waals surface area contributed by atoms with Crippen LogP contribution in [0.5, 0.6) is 5.75 Å². The van der Waals surface area contributed by atoms with Crippen molar-refractivity contribution in [2.24, 2.45) is 0 Å². The van der Waals surface area contributed by atoms with Gasteiger partial charge in [0.2, 0.25) is 0 Å². The van der Waals surface area contributed by atoms with E-state index in [0.29, 0.717) is 5.75 Å². The van der Waals surface area contributed by atoms with Crippen molar-refractivity contribution in [1.29, 1.82) is 0 Å². The molecule has 0 aliphatic carbocycles. The fourth-order valence-electron chi connectivity index (χ4n) is 0.776. The summed E-state index contributed by atoms with van der Waals surface area (Å²) in [5, 5.41) is 0.00306. The number of hydrogen-bond donors (Lipinski definition) is 2. The van der Waals surface area contributed by atoms with Gasteiger partial charge in [0.25, 0.3) is 0 Å². The Morgan fingerprint density at radius 2 is 1.75 bits per heavy atom. The Morgan fingerprint density at radius 3 is 2.08 bits per heavy atom. The summed E-state index contributed by atoms with van der Waals surface area (Å²) in [4.78, 5) is 17.4. The van der Waals surface area contributed by atoms with Gasteiger partial charge in [-0.15, -0.1) is 0 Å². The minimum absolute atomic E-state index is 0.00306. The third-order valence-electron chi connectivity index (χ3n) is 1.41. The smallest absolute Gasteiger partial charge is 0.356 e. The first-order chi connectivity index (χ1) is 5.54. The Labute approximate surface area is 70.0 Å². The normalized spacial score (nSPS) is 11.2. The molecule has 0 unspecified atom stereocenters. The van der Waals surface area contributed by atoms with Crippen LogP contribution in [0.4, 0.5) is 0 Å². The molecule has 0 fully saturated rings. The lowest BCUT2D eigenvalue weighted by atomic mass is 10.3. The first-order valence-corrected chi connectivity index (χ1v) is 4.85. The lowest BCUT2D eigenvalue weighted by molar-refractivity contribution is 0.387. The van der Waals surface area contributed by atoms with Gasteiger partial charge in [0, 0.05) is 0 Å². The van der Waals surface area contributed by atoms with Crippen LogP contribution in [0.25, 0.3) is 0 Å². The van der Waals surface area contributed by atoms with Crippen LogP contribution >= 0.6 is 7.60 Å². The maximum atomic E-state index is 10.7. The maximum Gasteiger partial charge on any atom is 0.356 e. The Kier molecular flexibility index (Phi) is 2.52. The Balaban J connectivity index is 3.01. The molecule has 4 nitrogen and oxygen atoms in total. The molecule has 1 aromatic rings. The van der Waals surface area contributed by atoms with Crippen molar-refractivity contribution >= 4 is 12.9 Å². The molecule has 0 aliphatic heterocycles. The summed E-state index contributed by atoms with van der Waals surface area (Å²) in [6, 6.07) is 5.71. The average Bonchev–Trinajstić information content (AvgIpc) is 2.03. The number of hydrogen-bond acceptors (Lipinski definition) is 2. The topological polar surface area (TPSA) is 66.8 Å². The van der Waals surface area contributed by atoms with Crippen LogP contribution in [0.1, 0.15) is 0 Å². The Hall–Kier alpha value is -0.830. The third-order valence-corrected chi connectivity index (χ3v) is 2.38. The van der Waals surface area contributed by atoms with Crippen LogP contribution in [0, 0.1) is 0 Å². The first-order valence-electron chi connectivity index (χ1n) is 3.24. The van der Waals surface area contributed by atoms with E-state index >= 15 is 0 Å². The van der Waals surface area contributed by atoms with E-state index in [1.807, 2.05) is 0 Å². The molecule has 0 amide bonds. The summed E-state index contributed by atoms with van der Waals surface area (Å²) < 4.78 is 15.5. The zero-order valence-corrected chi connectivity index (χ0v) is 7.36. The number of methoxy groups -OCH3 is 1. The molecule has 0 saturated carbocycles. The van der Waals surface area contributed by atoms with E-state index < -0.39 is 7.60 Å². The first kappa shape index (κ1) is 9.26. The van der Waals surface area contributed by atoms with E-state index in [1.54, 1.807) is 0 Å². The zero-order valence-electron chi connectivity index (χ0n) is 6.47. The molecule has 1 aromatic carbocycles. The fraction of sp³-hybridized carbons (Fsp3) is 0.143. The summed E-state index contributed by atoms with van der Waals surface area (Å²) in [7, 11) is -2.61. The molecular weight excluding hydrogens is 179 g/mol. The second kappa shape index (κ2) is 3.27. The second-order valence-electron chi connectivity index (χ2n) is 2.24. The quantitative estimate of drug-likeness (QED) is 0.663. The molecule has 66 valence electrons. The minimum atomic E-state index is -4.10. The van der Waals surface area contributed by atoms with E-state index in [1.165, 1.54) is 31.4 Å². The van der Waals surface area contributed by atoms with Crippen molar-refractivity contribution in [2.75, 3.05) is 7.11 Å². The highest BCUT2D eigenvalue weighted by Gasteiger charge is 2.15. The molecule has 0 radical (unpaired) electrons. The van der Waals surface area contributed by atoms with Gasteiger partial charge in [-0.2, -0.15) is 0 Å². The summed E-state index contributed by atoms with van der Waals surface area (Å²) in [5.74, 6) is 0.576. The highest BCUT2D eigenvalue weighted by atomic mass is 31.2. The lowest BCUT2D eigenvalue weighted by Gasteiger charge is -2.04. The Bertz CT molecular complexity index is 300. The van der Waals surface area contributed by atoms with Crippen molar-refractivity contribution in [3.63, 3.8) is 0 Å². The van der Waals surface area contributed by atoms with Gasteiger partial charge in [-0.1, -0.05) is 0 Å². The van der Waals surface area contributed by atoms with Crippen molar-refractivity contribution < 1.29 is 19.1 Å². The molecule has 0 aromatic heterocycles. The van der Waals surface area contributed by atoms with Crippen LogP contribution in [-0.4, -0.2) is 16.9 Å². The van der Waals surface area contributed by atoms with Gasteiger partial charge in [0.15, 0.2) is 0 Å². The molecule has 0 aliphatic rings. The lowest BCUT2D eigenvalue weighted by Crippen LogP contribution is -2.02. The van der Waals surface area contributed by atoms with Crippen LogP contribution in [-0.2, 0) is 4.57 Å². The van der Waals surface area contributed by atoms with Crippen LogP contribution < -0.4 is 10.0 Å². The van der Waals surface area contributed by atoms with Gasteiger partial charge in [0.1, 0.15) is 5.75 Å². The highest BCUT2D eigenvalue weighted by molar-refractivity contribution is 7.60. The molecule has 0 spiro atoms. The van der Waals surface area contributed by atoms with Gasteiger partial charge in [-0.25, -0.2) is 0 Å². The molecule has 2 N–H and O–H groups in total. The fourth-order valence-corrected chi connectivity index (χ4v) is 1.31. The second-order valence-corrected chi connectivity index (χ2v) is 3.85. The highest BCUT2D eigenvalue weighted by Crippen LogP contribution is 2.33. The van der Waals surface area contributed by atoms with Crippen LogP contribution in [0.3, 0.4) is 0 Å². The SMILES string of the molecule is COc1ccc(P(=O)(O)O)cc1. The van der Waals surface area contributed by atoms with Crippen LogP contribution in [0.15, 0.2) is 24.3 Å². The van der Waals surface area contributed by atoms with Gasteiger partial charge in [-0.05, 0) is 24.3 Å². The number of ether oxygens (including phenoxy) is 1. The number of benzene rings is 1. The molecule has 5 heteroatoms. The standard InChI is InChI=1S/C7H9O4P/c1-11-6-2-4-7(5-3-6)12(8,9)10/h2-5H,1H3,(H2,8,9,10). The molecule has 0 heterocycles. The monoisotopic (exact) mass is 188 g/mol. The van der Waals surface area contributed by atoms with Crippen molar-refractivity contribution in [1.82, 2.24) is 0 Å². The minimum Gasteiger partial charge on any atom is -0.497 e. The molecule has 0 bridgehead atoms. The summed E-state index contributed by atoms with van der Waals surface area (Å²) >= 11 is 0. The van der Waals surface area contributed by atoms with Gasteiger partial charge in [0.05, 0.1) is 12.4 Å². The van der Waals surface area contributed by atoms with Gasteiger partial charge >= 0.3 is 7.60 Å². The molecule has 1 rings (SSSR count). The summed E-state index contributed by atoms with van der Waals surface area (Å²) in [6.45, 7) is 0. The third kappa shape index (κ3) is 2.08. The predicted octanol–water partition coefficient (Wildman–Crippen LogP) is 0.498. The van der Waals surface area contributed by atoms with E-state index in [9.17, 15) is 4.57 Å². The maximum absolute atomic E-state index is 10.7. The van der Waals surface area contributed by atoms with Crippen LogP contribution in [0.2, 0.25) is 0 Å². The predicted molar refractivity (Wildman–Crippen MR) is 44.7 cm³/mol. The van der Waals surface area contributed by atoms with E-state index in [2.05, 4.69) is 0 Å². The average molecular weight is 188 g/mol. The largest absolute Gasteiger partial charge is 0.497 e. The van der Waals surface area contributed by atoms with Gasteiger partial charge < -0.3 is 14.5 Å². The van der Waals surface area contributed by atoms with E-state index in [0.717, 1.165) is 0 Å². The molecule has 0 atom stereocenters. The van der Waals surface area contributed by atoms with Crippen molar-refractivity contribution in [3.8, 4) is 5.75 Å². The van der Waals surface area contributed by atoms with Crippen molar-refractivity contribution in [3.05, 3.63) is 24.3 Å². The summed E-state index contributed by atoms with van der Waals surface area (Å²) in [6.07, 6.45) is 0. The summed E-state index contributed by atoms with van der Waals surface area (Å²) in [5.41, 5.74) is 0. The van der Waals surface area contributed by atoms with E-state index in [-0.39, 0.29) is 5.30 Å². The molecule has 12 heavy (non-hydrogen) atoms. The number of rotatable bonds is 2. The van der Waals surface area contributed by atoms with Gasteiger partial charge in [-0.3, -0.25) is 4.57 Å². The van der Waals surface area contributed by atoms with Crippen molar-refractivity contribution in [2.45, 2.75) is 0 Å².